The van der Waals surface area contributed by atoms with E-state index >= 15 is 0 Å². The number of aromatic nitrogens is 2. The number of imidazole rings is 1. The minimum absolute atomic E-state index is 0.000751. The van der Waals surface area contributed by atoms with Crippen LogP contribution in [0.2, 0.25) is 0 Å². The number of amides is 1. The van der Waals surface area contributed by atoms with Crippen molar-refractivity contribution in [3.63, 3.8) is 0 Å². The van der Waals surface area contributed by atoms with Gasteiger partial charge in [0.15, 0.2) is 5.82 Å². The quantitative estimate of drug-likeness (QED) is 0.594. The average molecular weight is 477 g/mol. The monoisotopic (exact) mass is 476 g/mol. The normalized spacial score (nSPS) is 21.0. The third-order valence-corrected chi connectivity index (χ3v) is 6.03. The highest BCUT2D eigenvalue weighted by atomic mass is 19.1. The van der Waals surface area contributed by atoms with Gasteiger partial charge in [-0.25, -0.2) is 14.2 Å². The number of H-pyrrole nitrogens is 1. The summed E-state index contributed by atoms with van der Waals surface area (Å²) >= 11 is 0. The van der Waals surface area contributed by atoms with Crippen molar-refractivity contribution >= 4 is 23.1 Å². The molecule has 2 aliphatic heterocycles. The zero-order valence-electron chi connectivity index (χ0n) is 20.4. The molecule has 0 aliphatic carbocycles. The average Bonchev–Trinajstić information content (AvgIpc) is 3.17. The zero-order valence-corrected chi connectivity index (χ0v) is 20.4. The van der Waals surface area contributed by atoms with Crippen molar-refractivity contribution in [2.45, 2.75) is 89.8 Å². The van der Waals surface area contributed by atoms with Crippen molar-refractivity contribution < 1.29 is 23.8 Å². The number of aromatic amines is 1. The molecule has 2 aromatic rings. The molecule has 2 aliphatic rings. The van der Waals surface area contributed by atoms with Gasteiger partial charge in [-0.05, 0) is 71.6 Å². The van der Waals surface area contributed by atoms with Gasteiger partial charge in [-0.3, -0.25) is 4.79 Å². The van der Waals surface area contributed by atoms with Crippen molar-refractivity contribution in [1.29, 1.82) is 0 Å². The third kappa shape index (κ3) is 7.68. The Morgan fingerprint density at radius 3 is 2.62 bits per heavy atom. The van der Waals surface area contributed by atoms with Crippen LogP contribution in [0.25, 0.3) is 11.0 Å². The van der Waals surface area contributed by atoms with Crippen molar-refractivity contribution in [2.24, 2.45) is 0 Å². The van der Waals surface area contributed by atoms with Crippen molar-refractivity contribution in [1.82, 2.24) is 20.2 Å². The molecule has 1 aromatic carbocycles. The van der Waals surface area contributed by atoms with Gasteiger partial charge in [0.1, 0.15) is 16.9 Å². The molecule has 1 amide bonds. The molecule has 2 saturated heterocycles. The smallest absolute Gasteiger partial charge is 0.410 e. The molecule has 0 bridgehead atoms. The number of carbonyl (C=O) groups excluding carboxylic acids is 1. The Bertz CT molecular complexity index is 965. The number of carbonyl (C=O) groups is 2. The van der Waals surface area contributed by atoms with E-state index in [-0.39, 0.29) is 18.3 Å². The fourth-order valence-electron chi connectivity index (χ4n) is 4.45. The molecule has 3 N–H and O–H groups in total. The number of piperidine rings is 2. The van der Waals surface area contributed by atoms with Crippen LogP contribution in [-0.2, 0) is 16.0 Å². The molecular formula is C25H37FN4O4. The second kappa shape index (κ2) is 11.6. The number of carboxylic acid groups (broad SMARTS) is 1. The molecule has 3 heterocycles. The number of halogens is 1. The summed E-state index contributed by atoms with van der Waals surface area (Å²) in [4.78, 5) is 31.7. The highest BCUT2D eigenvalue weighted by Crippen LogP contribution is 2.22. The lowest BCUT2D eigenvalue weighted by Crippen LogP contribution is -2.46. The van der Waals surface area contributed by atoms with Gasteiger partial charge in [0.05, 0.1) is 11.9 Å². The number of hydrogen-bond donors (Lipinski definition) is 3. The maximum atomic E-state index is 13.5. The molecule has 2 atom stereocenters. The van der Waals surface area contributed by atoms with Crippen molar-refractivity contribution in [2.75, 3.05) is 13.1 Å². The summed E-state index contributed by atoms with van der Waals surface area (Å²) in [7, 11) is 0. The largest absolute Gasteiger partial charge is 0.481 e. The van der Waals surface area contributed by atoms with Gasteiger partial charge in [-0.2, -0.15) is 0 Å². The van der Waals surface area contributed by atoms with Gasteiger partial charge in [0.2, 0.25) is 0 Å². The lowest BCUT2D eigenvalue weighted by Gasteiger charge is -2.36. The van der Waals surface area contributed by atoms with Crippen LogP contribution in [0.3, 0.4) is 0 Å². The maximum Gasteiger partial charge on any atom is 0.410 e. The van der Waals surface area contributed by atoms with E-state index in [9.17, 15) is 14.0 Å². The number of fused-ring (bicyclic) bond motifs is 1. The SMILES string of the molecule is CC(C)(C)OC(=O)N1CCCCC1CC(=O)O.Fc1cccc2[nH]c(CC3CCCCN3)nc12. The molecule has 188 valence electrons. The topological polar surface area (TPSA) is 108 Å². The number of benzene rings is 1. The van der Waals surface area contributed by atoms with Crippen LogP contribution in [-0.4, -0.2) is 62.8 Å². The standard InChI is InChI=1S/C13H16FN3.C12H21NO4/c14-10-5-3-6-11-13(10)17-12(16-11)8-9-4-1-2-7-15-9;1-12(2,3)17-11(16)13-7-5-4-6-9(13)8-10(14)15/h3,5-6,9,15H,1-2,4,7-8H2,(H,16,17);9H,4-8H2,1-3H3,(H,14,15). The van der Waals surface area contributed by atoms with Gasteiger partial charge < -0.3 is 25.0 Å². The summed E-state index contributed by atoms with van der Waals surface area (Å²) in [6.45, 7) is 7.09. The fourth-order valence-corrected chi connectivity index (χ4v) is 4.45. The van der Waals surface area contributed by atoms with E-state index in [0.29, 0.717) is 18.1 Å². The number of hydrogen-bond acceptors (Lipinski definition) is 5. The van der Waals surface area contributed by atoms with Crippen LogP contribution < -0.4 is 5.32 Å². The molecule has 9 heteroatoms. The van der Waals surface area contributed by atoms with E-state index in [4.69, 9.17) is 9.84 Å². The Morgan fingerprint density at radius 2 is 1.97 bits per heavy atom. The number of likely N-dealkylation sites (tertiary alicyclic amines) is 1. The van der Waals surface area contributed by atoms with Crippen LogP contribution >= 0.6 is 0 Å². The van der Waals surface area contributed by atoms with Crippen molar-refractivity contribution in [3.05, 3.63) is 29.8 Å². The van der Waals surface area contributed by atoms with Crippen LogP contribution in [0.1, 0.15) is 71.5 Å². The Kier molecular flexibility index (Phi) is 8.88. The molecule has 4 rings (SSSR count). The first-order chi connectivity index (χ1) is 16.1. The lowest BCUT2D eigenvalue weighted by molar-refractivity contribution is -0.138. The molecular weight excluding hydrogens is 439 g/mol. The van der Waals surface area contributed by atoms with Gasteiger partial charge >= 0.3 is 12.1 Å². The van der Waals surface area contributed by atoms with E-state index in [1.165, 1.54) is 25.3 Å². The third-order valence-electron chi connectivity index (χ3n) is 6.03. The van der Waals surface area contributed by atoms with Crippen LogP contribution in [0.4, 0.5) is 9.18 Å². The summed E-state index contributed by atoms with van der Waals surface area (Å²) in [6.07, 6.45) is 6.78. The van der Waals surface area contributed by atoms with E-state index in [0.717, 1.165) is 43.6 Å². The predicted octanol–water partition coefficient (Wildman–Crippen LogP) is 4.64. The molecule has 34 heavy (non-hydrogen) atoms. The number of aliphatic carboxylic acids is 1. The van der Waals surface area contributed by atoms with Gasteiger partial charge in [-0.15, -0.1) is 0 Å². The molecule has 0 saturated carbocycles. The number of nitrogens with zero attached hydrogens (tertiary/aromatic N) is 2. The molecule has 0 radical (unpaired) electrons. The summed E-state index contributed by atoms with van der Waals surface area (Å²) in [5.74, 6) is -0.239. The summed E-state index contributed by atoms with van der Waals surface area (Å²) in [5.41, 5.74) is 0.705. The summed E-state index contributed by atoms with van der Waals surface area (Å²) < 4.78 is 18.8. The number of carboxylic acids is 1. The molecule has 8 nitrogen and oxygen atoms in total. The highest BCUT2D eigenvalue weighted by Gasteiger charge is 2.31. The van der Waals surface area contributed by atoms with Crippen molar-refractivity contribution in [3.8, 4) is 0 Å². The first-order valence-electron chi connectivity index (χ1n) is 12.2. The summed E-state index contributed by atoms with van der Waals surface area (Å²) in [6, 6.07) is 5.27. The minimum atomic E-state index is -0.870. The Hall–Kier alpha value is -2.68. The maximum absolute atomic E-state index is 13.5. The molecule has 1 aromatic heterocycles. The molecule has 2 unspecified atom stereocenters. The summed E-state index contributed by atoms with van der Waals surface area (Å²) in [5, 5.41) is 12.3. The van der Waals surface area contributed by atoms with Gasteiger partial charge in [-0.1, -0.05) is 12.5 Å². The van der Waals surface area contributed by atoms with Gasteiger partial charge in [0, 0.05) is 25.0 Å². The van der Waals surface area contributed by atoms with Crippen LogP contribution in [0.5, 0.6) is 0 Å². The van der Waals surface area contributed by atoms with Crippen LogP contribution in [0.15, 0.2) is 18.2 Å². The first kappa shape index (κ1) is 25.9. The second-order valence-corrected chi connectivity index (χ2v) is 10.1. The van der Waals surface area contributed by atoms with E-state index in [1.807, 2.05) is 6.07 Å². The minimum Gasteiger partial charge on any atom is -0.481 e. The second-order valence-electron chi connectivity index (χ2n) is 10.1. The first-order valence-corrected chi connectivity index (χ1v) is 12.2. The Labute approximate surface area is 200 Å². The highest BCUT2D eigenvalue weighted by molar-refractivity contribution is 5.75. The van der Waals surface area contributed by atoms with E-state index in [2.05, 4.69) is 15.3 Å². The zero-order chi connectivity index (χ0) is 24.7. The number of rotatable bonds is 4. The Morgan fingerprint density at radius 1 is 1.21 bits per heavy atom. The Balaban J connectivity index is 0.000000191. The van der Waals surface area contributed by atoms with Gasteiger partial charge in [0.25, 0.3) is 0 Å². The van der Waals surface area contributed by atoms with Crippen LogP contribution in [0, 0.1) is 5.82 Å². The van der Waals surface area contributed by atoms with E-state index < -0.39 is 17.7 Å². The molecule has 2 fully saturated rings. The number of para-hydroxylation sites is 1. The predicted molar refractivity (Wildman–Crippen MR) is 128 cm³/mol. The van der Waals surface area contributed by atoms with E-state index in [1.54, 1.807) is 31.7 Å². The fraction of sp³-hybridized carbons (Fsp3) is 0.640. The number of nitrogens with one attached hydrogen (secondary N) is 2. The number of ether oxygens (including phenoxy) is 1. The molecule has 0 spiro atoms. The lowest BCUT2D eigenvalue weighted by atomic mass is 10.00.